The van der Waals surface area contributed by atoms with Gasteiger partial charge in [0.25, 0.3) is 5.37 Å². The zero-order chi connectivity index (χ0) is 15.3. The normalized spacial score (nSPS) is 12.9. The number of aliphatic carboxylic acids is 1. The van der Waals surface area contributed by atoms with Crippen LogP contribution in [0.15, 0.2) is 12.2 Å². The molecular weight excluding hydrogens is 264 g/mol. The second-order valence-electron chi connectivity index (χ2n) is 4.45. The summed E-state index contributed by atoms with van der Waals surface area (Å²) in [6.07, 6.45) is 0. The van der Waals surface area contributed by atoms with E-state index in [4.69, 9.17) is 10.3 Å². The van der Waals surface area contributed by atoms with Crippen molar-refractivity contribution in [3.05, 3.63) is 12.2 Å². The number of hydrogen-bond donors (Lipinski definition) is 2. The standard InChI is InChI=1S/C5H11NO5S.C4H7NO/c1-6(2,3)4(5(7)8)12(9,10)11;1-3(2)4(5)6/h4H,1-3H3,(H-,7,8,9,10,11);1H2,2H3,(H2,5,6). The second kappa shape index (κ2) is 6.47. The molecule has 18 heavy (non-hydrogen) atoms. The number of nitrogens with two attached hydrogens (primary N) is 1. The molecule has 1 amide bonds. The molecule has 0 aliphatic carbocycles. The van der Waals surface area contributed by atoms with Crippen LogP contribution in [-0.2, 0) is 19.7 Å². The van der Waals surface area contributed by atoms with Crippen LogP contribution in [0.25, 0.3) is 0 Å². The lowest BCUT2D eigenvalue weighted by molar-refractivity contribution is -0.875. The van der Waals surface area contributed by atoms with Crippen LogP contribution < -0.4 is 10.8 Å². The molecule has 1 unspecified atom stereocenters. The van der Waals surface area contributed by atoms with Gasteiger partial charge < -0.3 is 20.1 Å². The summed E-state index contributed by atoms with van der Waals surface area (Å²) in [5.74, 6) is -2.25. The molecule has 0 saturated heterocycles. The Morgan fingerprint density at radius 3 is 1.61 bits per heavy atom. The minimum atomic E-state index is -4.61. The van der Waals surface area contributed by atoms with E-state index in [0.717, 1.165) is 0 Å². The molecule has 1 atom stereocenters. The molecule has 0 aliphatic heterocycles. The van der Waals surface area contributed by atoms with Gasteiger partial charge in [-0.25, -0.2) is 0 Å². The Hall–Kier alpha value is -1.45. The maximum Gasteiger partial charge on any atom is 0.325 e. The van der Waals surface area contributed by atoms with Gasteiger partial charge in [-0.3, -0.25) is 9.35 Å². The summed E-state index contributed by atoms with van der Waals surface area (Å²) >= 11 is 0. The van der Waals surface area contributed by atoms with Crippen LogP contribution in [0.2, 0.25) is 0 Å². The number of carbonyl (C=O) groups is 2. The lowest BCUT2D eigenvalue weighted by atomic mass is 10.3. The summed E-state index contributed by atoms with van der Waals surface area (Å²) in [4.78, 5) is 20.1. The molecule has 0 radical (unpaired) electrons. The molecule has 0 aromatic carbocycles. The topological polar surface area (TPSA) is 138 Å². The van der Waals surface area contributed by atoms with Crippen molar-refractivity contribution in [2.24, 2.45) is 5.73 Å². The Bertz CT molecular complexity index is 422. The van der Waals surface area contributed by atoms with Crippen LogP contribution in [0, 0.1) is 0 Å². The van der Waals surface area contributed by atoms with E-state index in [1.54, 1.807) is 6.92 Å². The van der Waals surface area contributed by atoms with E-state index in [-0.39, 0.29) is 0 Å². The van der Waals surface area contributed by atoms with Crippen molar-refractivity contribution >= 4 is 22.0 Å². The second-order valence-corrected chi connectivity index (χ2v) is 5.92. The molecule has 0 spiro atoms. The van der Waals surface area contributed by atoms with E-state index in [9.17, 15) is 23.1 Å². The molecule has 0 aromatic rings. The molecule has 0 fully saturated rings. The first kappa shape index (κ1) is 18.9. The average molecular weight is 282 g/mol. The molecule has 0 saturated carbocycles. The van der Waals surface area contributed by atoms with Crippen molar-refractivity contribution in [2.45, 2.75) is 12.3 Å². The van der Waals surface area contributed by atoms with E-state index in [0.29, 0.717) is 5.57 Å². The summed E-state index contributed by atoms with van der Waals surface area (Å²) in [6.45, 7) is 4.85. The maximum atomic E-state index is 10.5. The predicted molar refractivity (Wildman–Crippen MR) is 62.4 cm³/mol. The fourth-order valence-corrected chi connectivity index (χ4v) is 1.88. The lowest BCUT2D eigenvalue weighted by Gasteiger charge is -2.31. The van der Waals surface area contributed by atoms with E-state index >= 15 is 0 Å². The van der Waals surface area contributed by atoms with Crippen molar-refractivity contribution in [3.63, 3.8) is 0 Å². The SMILES string of the molecule is C=C(C)C(N)=O.C[N+](C)(C)C(C(=O)[O-])S(=O)(=O)O. The Balaban J connectivity index is 0. The fraction of sp³-hybridized carbons (Fsp3) is 0.556. The van der Waals surface area contributed by atoms with Gasteiger partial charge in [0.2, 0.25) is 5.91 Å². The Morgan fingerprint density at radius 1 is 1.33 bits per heavy atom. The lowest BCUT2D eigenvalue weighted by Crippen LogP contribution is -2.58. The van der Waals surface area contributed by atoms with Crippen LogP contribution in [0.4, 0.5) is 0 Å². The first-order valence-electron chi connectivity index (χ1n) is 4.64. The summed E-state index contributed by atoms with van der Waals surface area (Å²) < 4.78 is 29.2. The zero-order valence-electron chi connectivity index (χ0n) is 10.7. The Morgan fingerprint density at radius 2 is 1.61 bits per heavy atom. The molecule has 0 aliphatic rings. The maximum absolute atomic E-state index is 10.5. The van der Waals surface area contributed by atoms with Gasteiger partial charge in [-0.05, 0) is 6.92 Å². The minimum absolute atomic E-state index is 0.398. The number of amides is 1. The highest BCUT2D eigenvalue weighted by molar-refractivity contribution is 7.87. The van der Waals surface area contributed by atoms with Gasteiger partial charge in [-0.15, -0.1) is 0 Å². The van der Waals surface area contributed by atoms with E-state index in [1.165, 1.54) is 21.1 Å². The molecule has 0 aromatic heterocycles. The third-order valence-corrected chi connectivity index (χ3v) is 3.00. The highest BCUT2D eigenvalue weighted by atomic mass is 32.2. The Labute approximate surface area is 106 Å². The van der Waals surface area contributed by atoms with Crippen molar-refractivity contribution in [1.82, 2.24) is 0 Å². The third kappa shape index (κ3) is 7.76. The smallest absolute Gasteiger partial charge is 0.325 e. The first-order chi connectivity index (χ1) is 7.71. The minimum Gasteiger partial charge on any atom is -0.543 e. The number of likely N-dealkylation sites (N-methyl/N-ethyl adjacent to an activating group) is 1. The molecular formula is C9H18N2O6S. The van der Waals surface area contributed by atoms with Crippen molar-refractivity contribution in [2.75, 3.05) is 21.1 Å². The molecule has 0 heterocycles. The van der Waals surface area contributed by atoms with Crippen LogP contribution in [0.1, 0.15) is 6.92 Å². The number of nitrogens with zero attached hydrogens (tertiary/aromatic N) is 1. The number of hydrogen-bond acceptors (Lipinski definition) is 5. The summed E-state index contributed by atoms with van der Waals surface area (Å²) in [6, 6.07) is 0. The zero-order valence-corrected chi connectivity index (χ0v) is 11.5. The Kier molecular flexibility index (Phi) is 6.80. The van der Waals surface area contributed by atoms with Gasteiger partial charge in [0.1, 0.15) is 5.97 Å². The van der Waals surface area contributed by atoms with Crippen LogP contribution in [0.5, 0.6) is 0 Å². The van der Waals surface area contributed by atoms with Gasteiger partial charge >= 0.3 is 10.1 Å². The van der Waals surface area contributed by atoms with E-state index < -0.39 is 31.9 Å². The van der Waals surface area contributed by atoms with Gasteiger partial charge in [-0.1, -0.05) is 6.58 Å². The molecule has 3 N–H and O–H groups in total. The van der Waals surface area contributed by atoms with Crippen LogP contribution in [0.3, 0.4) is 0 Å². The average Bonchev–Trinajstić information content (AvgIpc) is 1.96. The summed E-state index contributed by atoms with van der Waals surface area (Å²) in [5, 5.41) is 8.38. The number of quaternary nitrogens is 1. The highest BCUT2D eigenvalue weighted by Crippen LogP contribution is 2.08. The van der Waals surface area contributed by atoms with Crippen LogP contribution in [-0.4, -0.2) is 55.8 Å². The molecule has 0 rings (SSSR count). The quantitative estimate of drug-likeness (QED) is 0.338. The van der Waals surface area contributed by atoms with Crippen molar-refractivity contribution < 1.29 is 32.1 Å². The van der Waals surface area contributed by atoms with Gasteiger partial charge in [0.05, 0.1) is 21.1 Å². The highest BCUT2D eigenvalue weighted by Gasteiger charge is 2.37. The van der Waals surface area contributed by atoms with E-state index in [1.807, 2.05) is 0 Å². The monoisotopic (exact) mass is 282 g/mol. The number of primary amides is 1. The predicted octanol–water partition coefficient (Wildman–Crippen LogP) is -2.30. The first-order valence-corrected chi connectivity index (χ1v) is 6.15. The number of carboxylic acids is 1. The van der Waals surface area contributed by atoms with Gasteiger partial charge in [0, 0.05) is 5.57 Å². The molecule has 106 valence electrons. The summed E-state index contributed by atoms with van der Waals surface area (Å²) in [5.41, 5.74) is 5.09. The molecule has 9 heteroatoms. The largest absolute Gasteiger partial charge is 0.543 e. The van der Waals surface area contributed by atoms with Crippen LogP contribution >= 0.6 is 0 Å². The van der Waals surface area contributed by atoms with Gasteiger partial charge in [-0.2, -0.15) is 8.42 Å². The van der Waals surface area contributed by atoms with E-state index in [2.05, 4.69) is 6.58 Å². The summed E-state index contributed by atoms with van der Waals surface area (Å²) in [7, 11) is -0.629. The number of carbonyl (C=O) groups excluding carboxylic acids is 2. The number of carboxylic acid groups (broad SMARTS) is 1. The van der Waals surface area contributed by atoms with Crippen molar-refractivity contribution in [3.8, 4) is 0 Å². The molecule has 0 bridgehead atoms. The molecule has 8 nitrogen and oxygen atoms in total. The fourth-order valence-electron chi connectivity index (χ4n) is 0.837. The third-order valence-electron chi connectivity index (χ3n) is 1.61. The van der Waals surface area contributed by atoms with Gasteiger partial charge in [0.15, 0.2) is 0 Å². The number of rotatable bonds is 4. The van der Waals surface area contributed by atoms with Crippen molar-refractivity contribution in [1.29, 1.82) is 0 Å².